The van der Waals surface area contributed by atoms with Gasteiger partial charge in [0.1, 0.15) is 0 Å². The molecule has 0 saturated heterocycles. The van der Waals surface area contributed by atoms with Crippen molar-refractivity contribution in [3.05, 3.63) is 42.4 Å². The molecular weight excluding hydrogens is 240 g/mol. The van der Waals surface area contributed by atoms with Crippen molar-refractivity contribution < 1.29 is 9.90 Å². The highest BCUT2D eigenvalue weighted by atomic mass is 16.4. The van der Waals surface area contributed by atoms with Gasteiger partial charge in [0, 0.05) is 12.1 Å². The first kappa shape index (κ1) is 13.3. The molecule has 0 amide bonds. The van der Waals surface area contributed by atoms with Gasteiger partial charge in [0.25, 0.3) is 0 Å². The van der Waals surface area contributed by atoms with Crippen molar-refractivity contribution in [1.29, 1.82) is 0 Å². The number of nitrogens with zero attached hydrogens (tertiary/aromatic N) is 2. The Balaban J connectivity index is 2.49. The normalized spacial score (nSPS) is 11.5. The SMILES string of the molecule is CCn1cncc1-c1cccc(C(C)(C)C(=O)O)c1. The van der Waals surface area contributed by atoms with Crippen LogP contribution >= 0.6 is 0 Å². The minimum Gasteiger partial charge on any atom is -0.481 e. The smallest absolute Gasteiger partial charge is 0.313 e. The Kier molecular flexibility index (Phi) is 3.42. The van der Waals surface area contributed by atoms with Crippen LogP contribution in [0.5, 0.6) is 0 Å². The maximum Gasteiger partial charge on any atom is 0.313 e. The second-order valence-corrected chi connectivity index (χ2v) is 5.08. The molecule has 100 valence electrons. The summed E-state index contributed by atoms with van der Waals surface area (Å²) in [6.45, 7) is 6.31. The molecule has 0 unspecified atom stereocenters. The first-order chi connectivity index (χ1) is 8.96. The summed E-state index contributed by atoms with van der Waals surface area (Å²) in [5.74, 6) is -0.825. The van der Waals surface area contributed by atoms with E-state index in [2.05, 4.69) is 11.9 Å². The van der Waals surface area contributed by atoms with Crippen molar-refractivity contribution in [2.75, 3.05) is 0 Å². The Morgan fingerprint density at radius 1 is 1.42 bits per heavy atom. The lowest BCUT2D eigenvalue weighted by Gasteiger charge is -2.20. The molecule has 0 aliphatic heterocycles. The molecule has 2 rings (SSSR count). The summed E-state index contributed by atoms with van der Waals surface area (Å²) in [6.07, 6.45) is 3.58. The van der Waals surface area contributed by atoms with E-state index in [1.54, 1.807) is 26.4 Å². The lowest BCUT2D eigenvalue weighted by Crippen LogP contribution is -2.28. The van der Waals surface area contributed by atoms with Crippen LogP contribution in [0.1, 0.15) is 26.3 Å². The van der Waals surface area contributed by atoms with Crippen molar-refractivity contribution >= 4 is 5.97 Å². The Bertz CT molecular complexity index is 600. The molecule has 0 saturated carbocycles. The lowest BCUT2D eigenvalue weighted by atomic mass is 9.84. The largest absolute Gasteiger partial charge is 0.481 e. The average Bonchev–Trinajstić information content (AvgIpc) is 2.87. The first-order valence-electron chi connectivity index (χ1n) is 6.31. The number of aryl methyl sites for hydroxylation is 1. The number of imidazole rings is 1. The Labute approximate surface area is 112 Å². The minimum absolute atomic E-state index is 0.793. The molecule has 1 N–H and O–H groups in total. The number of rotatable bonds is 4. The highest BCUT2D eigenvalue weighted by molar-refractivity contribution is 5.81. The van der Waals surface area contributed by atoms with Gasteiger partial charge in [-0.15, -0.1) is 0 Å². The van der Waals surface area contributed by atoms with Gasteiger partial charge in [-0.05, 0) is 32.4 Å². The van der Waals surface area contributed by atoms with E-state index < -0.39 is 11.4 Å². The number of hydrogen-bond donors (Lipinski definition) is 1. The van der Waals surface area contributed by atoms with Gasteiger partial charge in [-0.3, -0.25) is 4.79 Å². The zero-order valence-electron chi connectivity index (χ0n) is 11.4. The molecule has 19 heavy (non-hydrogen) atoms. The molecule has 0 spiro atoms. The number of aliphatic carboxylic acids is 1. The van der Waals surface area contributed by atoms with Crippen molar-refractivity contribution in [2.45, 2.75) is 32.7 Å². The Morgan fingerprint density at radius 3 is 2.79 bits per heavy atom. The van der Waals surface area contributed by atoms with Crippen LogP contribution in [0, 0.1) is 0 Å². The molecule has 0 fully saturated rings. The van der Waals surface area contributed by atoms with E-state index in [9.17, 15) is 9.90 Å². The maximum absolute atomic E-state index is 11.3. The molecule has 4 nitrogen and oxygen atoms in total. The van der Waals surface area contributed by atoms with Crippen LogP contribution in [0.2, 0.25) is 0 Å². The third-order valence-electron chi connectivity index (χ3n) is 3.47. The van der Waals surface area contributed by atoms with Gasteiger partial charge in [-0.2, -0.15) is 0 Å². The van der Waals surface area contributed by atoms with Crippen molar-refractivity contribution in [3.8, 4) is 11.3 Å². The Morgan fingerprint density at radius 2 is 2.16 bits per heavy atom. The predicted molar refractivity (Wildman–Crippen MR) is 74.0 cm³/mol. The molecule has 0 aliphatic carbocycles. The van der Waals surface area contributed by atoms with Gasteiger partial charge in [0.05, 0.1) is 23.6 Å². The highest BCUT2D eigenvalue weighted by Gasteiger charge is 2.29. The van der Waals surface area contributed by atoms with Gasteiger partial charge in [-0.25, -0.2) is 4.98 Å². The summed E-state index contributed by atoms with van der Waals surface area (Å²) < 4.78 is 2.03. The van der Waals surface area contributed by atoms with E-state index in [0.29, 0.717) is 0 Å². The number of carboxylic acids is 1. The van der Waals surface area contributed by atoms with Crippen LogP contribution < -0.4 is 0 Å². The molecule has 1 aromatic carbocycles. The predicted octanol–water partition coefficient (Wildman–Crippen LogP) is 2.93. The van der Waals surface area contributed by atoms with Crippen LogP contribution in [-0.4, -0.2) is 20.6 Å². The molecule has 0 atom stereocenters. The third kappa shape index (κ3) is 2.38. The summed E-state index contributed by atoms with van der Waals surface area (Å²) in [6, 6.07) is 7.65. The molecular formula is C15H18N2O2. The van der Waals surface area contributed by atoms with E-state index >= 15 is 0 Å². The Hall–Kier alpha value is -2.10. The van der Waals surface area contributed by atoms with Crippen LogP contribution in [-0.2, 0) is 16.8 Å². The number of carboxylic acid groups (broad SMARTS) is 1. The fourth-order valence-corrected chi connectivity index (χ4v) is 2.00. The fraction of sp³-hybridized carbons (Fsp3) is 0.333. The first-order valence-corrected chi connectivity index (χ1v) is 6.31. The second-order valence-electron chi connectivity index (χ2n) is 5.08. The molecule has 2 aromatic rings. The third-order valence-corrected chi connectivity index (χ3v) is 3.47. The van der Waals surface area contributed by atoms with Crippen LogP contribution in [0.3, 0.4) is 0 Å². The number of carbonyl (C=O) groups is 1. The molecule has 0 aliphatic rings. The number of hydrogen-bond acceptors (Lipinski definition) is 2. The van der Waals surface area contributed by atoms with Gasteiger partial charge in [0.2, 0.25) is 0 Å². The summed E-state index contributed by atoms with van der Waals surface area (Å²) in [5.41, 5.74) is 1.89. The van der Waals surface area contributed by atoms with Gasteiger partial charge >= 0.3 is 5.97 Å². The highest BCUT2D eigenvalue weighted by Crippen LogP contribution is 2.28. The van der Waals surface area contributed by atoms with Crippen LogP contribution in [0.25, 0.3) is 11.3 Å². The number of aromatic nitrogens is 2. The van der Waals surface area contributed by atoms with Gasteiger partial charge < -0.3 is 9.67 Å². The molecule has 1 aromatic heterocycles. The van der Waals surface area contributed by atoms with E-state index in [0.717, 1.165) is 23.4 Å². The monoisotopic (exact) mass is 258 g/mol. The zero-order valence-corrected chi connectivity index (χ0v) is 11.4. The maximum atomic E-state index is 11.3. The lowest BCUT2D eigenvalue weighted by molar-refractivity contribution is -0.142. The quantitative estimate of drug-likeness (QED) is 0.917. The van der Waals surface area contributed by atoms with Gasteiger partial charge in [0.15, 0.2) is 0 Å². The summed E-state index contributed by atoms with van der Waals surface area (Å²) in [4.78, 5) is 15.5. The standard InChI is InChI=1S/C15H18N2O2/c1-4-17-10-16-9-13(17)11-6-5-7-12(8-11)15(2,3)14(18)19/h5-10H,4H2,1-3H3,(H,18,19). The number of benzene rings is 1. The van der Waals surface area contributed by atoms with Crippen molar-refractivity contribution in [1.82, 2.24) is 9.55 Å². The molecule has 1 heterocycles. The van der Waals surface area contributed by atoms with E-state index in [1.807, 2.05) is 28.8 Å². The molecule has 4 heteroatoms. The summed E-state index contributed by atoms with van der Waals surface area (Å²) >= 11 is 0. The van der Waals surface area contributed by atoms with E-state index in [4.69, 9.17) is 0 Å². The average molecular weight is 258 g/mol. The van der Waals surface area contributed by atoms with Crippen molar-refractivity contribution in [3.63, 3.8) is 0 Å². The molecule has 0 radical (unpaired) electrons. The van der Waals surface area contributed by atoms with Gasteiger partial charge in [-0.1, -0.05) is 18.2 Å². The van der Waals surface area contributed by atoms with Crippen LogP contribution in [0.4, 0.5) is 0 Å². The summed E-state index contributed by atoms with van der Waals surface area (Å²) in [5, 5.41) is 9.30. The van der Waals surface area contributed by atoms with Crippen LogP contribution in [0.15, 0.2) is 36.8 Å². The minimum atomic E-state index is -0.896. The second kappa shape index (κ2) is 4.88. The zero-order chi connectivity index (χ0) is 14.0. The fourth-order valence-electron chi connectivity index (χ4n) is 2.00. The summed E-state index contributed by atoms with van der Waals surface area (Å²) in [7, 11) is 0. The topological polar surface area (TPSA) is 55.1 Å². The van der Waals surface area contributed by atoms with E-state index in [1.165, 1.54) is 0 Å². The van der Waals surface area contributed by atoms with E-state index in [-0.39, 0.29) is 0 Å². The molecule has 0 bridgehead atoms. The van der Waals surface area contributed by atoms with Crippen molar-refractivity contribution in [2.24, 2.45) is 0 Å².